The summed E-state index contributed by atoms with van der Waals surface area (Å²) >= 11 is 14.4. The molecule has 2 aromatic heterocycles. The van der Waals surface area contributed by atoms with Crippen LogP contribution in [0.2, 0.25) is 10.3 Å². The number of nitrogens with zero attached hydrogens (tertiary/aromatic N) is 4. The molecule has 0 radical (unpaired) electrons. The molecule has 4 nitrogen and oxygen atoms in total. The molecule has 0 bridgehead atoms. The summed E-state index contributed by atoms with van der Waals surface area (Å²) in [5.41, 5.74) is 0. The van der Waals surface area contributed by atoms with Crippen molar-refractivity contribution < 1.29 is 0 Å². The van der Waals surface area contributed by atoms with E-state index in [1.54, 1.807) is 0 Å². The number of hydrogen-bond donors (Lipinski definition) is 0. The predicted octanol–water partition coefficient (Wildman–Crippen LogP) is 3.09. The molecule has 0 saturated heterocycles. The fourth-order valence-electron chi connectivity index (χ4n) is 0.805. The van der Waals surface area contributed by atoms with Gasteiger partial charge in [-0.2, -0.15) is 0 Å². The Kier molecular flexibility index (Phi) is 3.40. The summed E-state index contributed by atoms with van der Waals surface area (Å²) in [5, 5.41) is 9.96. The third kappa shape index (κ3) is 2.78. The van der Waals surface area contributed by atoms with Gasteiger partial charge in [0.2, 0.25) is 5.28 Å². The van der Waals surface area contributed by atoms with Gasteiger partial charge in [0.1, 0.15) is 10.0 Å². The van der Waals surface area contributed by atoms with E-state index in [2.05, 4.69) is 20.2 Å². The molecule has 15 heavy (non-hydrogen) atoms. The van der Waals surface area contributed by atoms with Crippen molar-refractivity contribution in [2.45, 2.75) is 16.3 Å². The van der Waals surface area contributed by atoms with Crippen molar-refractivity contribution in [1.29, 1.82) is 0 Å². The van der Waals surface area contributed by atoms with Gasteiger partial charge in [-0.15, -0.1) is 10.2 Å². The normalized spacial score (nSPS) is 10.6. The quantitative estimate of drug-likeness (QED) is 0.624. The topological polar surface area (TPSA) is 51.6 Å². The van der Waals surface area contributed by atoms with Gasteiger partial charge in [0.15, 0.2) is 4.34 Å². The van der Waals surface area contributed by atoms with Crippen LogP contribution in [0.25, 0.3) is 0 Å². The molecule has 0 fully saturated rings. The van der Waals surface area contributed by atoms with Crippen molar-refractivity contribution in [3.8, 4) is 0 Å². The number of aromatic nitrogens is 4. The van der Waals surface area contributed by atoms with Crippen molar-refractivity contribution >= 4 is 46.3 Å². The summed E-state index contributed by atoms with van der Waals surface area (Å²) in [6.45, 7) is 1.89. The maximum atomic E-state index is 5.90. The van der Waals surface area contributed by atoms with Gasteiger partial charge in [-0.05, 0) is 30.3 Å². The third-order valence-electron chi connectivity index (χ3n) is 1.37. The third-order valence-corrected chi connectivity index (χ3v) is 3.84. The fraction of sp³-hybridized carbons (Fsp3) is 0.143. The van der Waals surface area contributed by atoms with Crippen LogP contribution in [0.5, 0.6) is 0 Å². The molecule has 2 rings (SSSR count). The highest BCUT2D eigenvalue weighted by Crippen LogP contribution is 2.33. The Morgan fingerprint density at radius 2 is 2.13 bits per heavy atom. The smallest absolute Gasteiger partial charge is 0.223 e. The molecule has 0 aliphatic rings. The van der Waals surface area contributed by atoms with Crippen molar-refractivity contribution in [3.63, 3.8) is 0 Å². The first-order valence-corrected chi connectivity index (χ1v) is 6.20. The minimum atomic E-state index is 0.170. The second kappa shape index (κ2) is 4.61. The highest BCUT2D eigenvalue weighted by atomic mass is 35.5. The molecule has 0 aliphatic heterocycles. The molecule has 0 N–H and O–H groups in total. The molecule has 0 atom stereocenters. The lowest BCUT2D eigenvalue weighted by atomic mass is 10.7. The molecule has 8 heteroatoms. The van der Waals surface area contributed by atoms with Crippen molar-refractivity contribution in [1.82, 2.24) is 20.2 Å². The fourth-order valence-corrected chi connectivity index (χ4v) is 2.91. The number of hydrogen-bond acceptors (Lipinski definition) is 6. The number of rotatable bonds is 2. The molecule has 0 unspecified atom stereocenters. The molecular formula is C7H4Cl2N4S2. The van der Waals surface area contributed by atoms with Crippen LogP contribution in [0.15, 0.2) is 15.6 Å². The van der Waals surface area contributed by atoms with Crippen LogP contribution in [0.3, 0.4) is 0 Å². The second-order valence-electron chi connectivity index (χ2n) is 2.48. The molecular weight excluding hydrogens is 275 g/mol. The maximum absolute atomic E-state index is 5.90. The van der Waals surface area contributed by atoms with E-state index in [1.807, 2.05) is 6.92 Å². The van der Waals surface area contributed by atoms with Crippen molar-refractivity contribution in [3.05, 3.63) is 21.5 Å². The predicted molar refractivity (Wildman–Crippen MR) is 60.8 cm³/mol. The van der Waals surface area contributed by atoms with Crippen LogP contribution in [0, 0.1) is 6.92 Å². The minimum absolute atomic E-state index is 0.170. The molecule has 0 amide bonds. The van der Waals surface area contributed by atoms with Gasteiger partial charge in [-0.3, -0.25) is 0 Å². The Morgan fingerprint density at radius 3 is 2.80 bits per heavy atom. The zero-order valence-corrected chi connectivity index (χ0v) is 10.6. The van der Waals surface area contributed by atoms with Gasteiger partial charge in [-0.1, -0.05) is 22.9 Å². The van der Waals surface area contributed by atoms with E-state index in [0.29, 0.717) is 10.0 Å². The van der Waals surface area contributed by atoms with Gasteiger partial charge in [0.05, 0.1) is 11.2 Å². The van der Waals surface area contributed by atoms with Crippen LogP contribution in [-0.4, -0.2) is 20.2 Å². The minimum Gasteiger partial charge on any atom is -0.225 e. The largest absolute Gasteiger partial charge is 0.225 e. The SMILES string of the molecule is Cc1nnc(Sc2nc(Cl)ncc2Cl)s1. The van der Waals surface area contributed by atoms with Crippen LogP contribution < -0.4 is 0 Å². The van der Waals surface area contributed by atoms with Crippen LogP contribution in [-0.2, 0) is 0 Å². The van der Waals surface area contributed by atoms with E-state index in [0.717, 1.165) is 9.35 Å². The number of halogens is 2. The molecule has 0 spiro atoms. The molecule has 0 aromatic carbocycles. The van der Waals surface area contributed by atoms with E-state index in [4.69, 9.17) is 23.2 Å². The van der Waals surface area contributed by atoms with Gasteiger partial charge in [0, 0.05) is 0 Å². The Bertz CT molecular complexity index is 488. The van der Waals surface area contributed by atoms with Gasteiger partial charge in [0.25, 0.3) is 0 Å². The zero-order chi connectivity index (χ0) is 10.8. The van der Waals surface area contributed by atoms with Gasteiger partial charge >= 0.3 is 0 Å². The Labute approximate surface area is 104 Å². The summed E-state index contributed by atoms with van der Waals surface area (Å²) in [7, 11) is 0. The molecule has 0 saturated carbocycles. The summed E-state index contributed by atoms with van der Waals surface area (Å²) < 4.78 is 0.782. The van der Waals surface area contributed by atoms with E-state index in [-0.39, 0.29) is 5.28 Å². The Hall–Kier alpha value is -0.430. The average molecular weight is 279 g/mol. The zero-order valence-electron chi connectivity index (χ0n) is 7.44. The summed E-state index contributed by atoms with van der Waals surface area (Å²) in [5.74, 6) is 0. The molecule has 78 valence electrons. The van der Waals surface area contributed by atoms with Crippen LogP contribution in [0.1, 0.15) is 5.01 Å². The molecule has 2 heterocycles. The van der Waals surface area contributed by atoms with Crippen molar-refractivity contribution in [2.24, 2.45) is 0 Å². The summed E-state index contributed by atoms with van der Waals surface area (Å²) in [6, 6.07) is 0. The van der Waals surface area contributed by atoms with E-state index in [9.17, 15) is 0 Å². The maximum Gasteiger partial charge on any atom is 0.223 e. The van der Waals surface area contributed by atoms with E-state index < -0.39 is 0 Å². The van der Waals surface area contributed by atoms with Gasteiger partial charge < -0.3 is 0 Å². The average Bonchev–Trinajstić information content (AvgIpc) is 2.58. The highest BCUT2D eigenvalue weighted by molar-refractivity contribution is 8.01. The second-order valence-corrected chi connectivity index (χ2v) is 5.64. The molecule has 0 aliphatic carbocycles. The van der Waals surface area contributed by atoms with E-state index in [1.165, 1.54) is 29.3 Å². The lowest BCUT2D eigenvalue weighted by Crippen LogP contribution is -1.86. The Morgan fingerprint density at radius 1 is 1.33 bits per heavy atom. The molecule has 2 aromatic rings. The lowest BCUT2D eigenvalue weighted by molar-refractivity contribution is 0.977. The lowest BCUT2D eigenvalue weighted by Gasteiger charge is -1.98. The standard InChI is InChI=1S/C7H4Cl2N4S2/c1-3-12-13-7(14-3)15-5-4(8)2-10-6(9)11-5/h2H,1H3. The first kappa shape index (κ1) is 11.1. The first-order valence-electron chi connectivity index (χ1n) is 3.81. The van der Waals surface area contributed by atoms with Crippen LogP contribution >= 0.6 is 46.3 Å². The number of aryl methyl sites for hydroxylation is 1. The van der Waals surface area contributed by atoms with Gasteiger partial charge in [-0.25, -0.2) is 9.97 Å². The van der Waals surface area contributed by atoms with Crippen LogP contribution in [0.4, 0.5) is 0 Å². The first-order chi connectivity index (χ1) is 7.15. The Balaban J connectivity index is 2.27. The summed E-state index contributed by atoms with van der Waals surface area (Å²) in [6.07, 6.45) is 1.47. The van der Waals surface area contributed by atoms with Crippen molar-refractivity contribution in [2.75, 3.05) is 0 Å². The summed E-state index contributed by atoms with van der Waals surface area (Å²) in [4.78, 5) is 7.76. The highest BCUT2D eigenvalue weighted by Gasteiger charge is 2.09. The monoisotopic (exact) mass is 278 g/mol. The van der Waals surface area contributed by atoms with E-state index >= 15 is 0 Å².